The first kappa shape index (κ1) is 15.6. The molecule has 2 saturated heterocycles. The summed E-state index contributed by atoms with van der Waals surface area (Å²) < 4.78 is 17.4. The summed E-state index contributed by atoms with van der Waals surface area (Å²) in [6.07, 6.45) is 0.851. The minimum atomic E-state index is -0.803. The second kappa shape index (κ2) is 4.57. The molecule has 23 heavy (non-hydrogen) atoms. The molecule has 2 aliphatic heterocycles. The Morgan fingerprint density at radius 2 is 2.17 bits per heavy atom. The number of epoxide rings is 1. The van der Waals surface area contributed by atoms with E-state index in [-0.39, 0.29) is 12.6 Å². The van der Waals surface area contributed by atoms with Crippen molar-refractivity contribution in [3.05, 3.63) is 11.6 Å². The predicted octanol–water partition coefficient (Wildman–Crippen LogP) is 0.554. The molecule has 6 heteroatoms. The van der Waals surface area contributed by atoms with Crippen molar-refractivity contribution in [2.24, 2.45) is 10.8 Å². The van der Waals surface area contributed by atoms with Gasteiger partial charge in [-0.1, -0.05) is 18.6 Å². The van der Waals surface area contributed by atoms with Crippen molar-refractivity contribution in [1.82, 2.24) is 0 Å². The quantitative estimate of drug-likeness (QED) is 0.438. The number of carbonyl (C=O) groups is 1. The lowest BCUT2D eigenvalue weighted by Crippen LogP contribution is -2.69. The van der Waals surface area contributed by atoms with Gasteiger partial charge in [-0.05, 0) is 19.8 Å². The van der Waals surface area contributed by atoms with Gasteiger partial charge in [0, 0.05) is 12.3 Å². The van der Waals surface area contributed by atoms with Gasteiger partial charge >= 0.3 is 5.97 Å². The van der Waals surface area contributed by atoms with Crippen LogP contribution in [0.5, 0.6) is 0 Å². The normalized spacial score (nSPS) is 53.7. The topological polar surface area (TPSA) is 88.5 Å². The van der Waals surface area contributed by atoms with Crippen LogP contribution >= 0.6 is 0 Å². The Morgan fingerprint density at radius 1 is 1.48 bits per heavy atom. The van der Waals surface area contributed by atoms with Crippen LogP contribution < -0.4 is 0 Å². The van der Waals surface area contributed by atoms with E-state index in [1.165, 1.54) is 6.92 Å². The average molecular weight is 324 g/mol. The van der Waals surface area contributed by atoms with Crippen LogP contribution in [0.15, 0.2) is 11.6 Å². The highest BCUT2D eigenvalue weighted by Crippen LogP contribution is 2.71. The summed E-state index contributed by atoms with van der Waals surface area (Å²) >= 11 is 0. The third-order valence-electron chi connectivity index (χ3n) is 6.70. The first-order valence-corrected chi connectivity index (χ1v) is 8.23. The van der Waals surface area contributed by atoms with Gasteiger partial charge in [0.25, 0.3) is 0 Å². The molecule has 128 valence electrons. The third kappa shape index (κ3) is 1.70. The Morgan fingerprint density at radius 3 is 2.78 bits per heavy atom. The number of aliphatic hydroxyl groups excluding tert-OH is 2. The molecule has 6 nitrogen and oxygen atoms in total. The summed E-state index contributed by atoms with van der Waals surface area (Å²) in [5.74, 6) is -0.383. The van der Waals surface area contributed by atoms with E-state index in [9.17, 15) is 15.0 Å². The summed E-state index contributed by atoms with van der Waals surface area (Å²) in [5, 5.41) is 21.5. The van der Waals surface area contributed by atoms with Gasteiger partial charge in [-0.2, -0.15) is 0 Å². The molecule has 0 aromatic carbocycles. The van der Waals surface area contributed by atoms with Crippen LogP contribution in [0.25, 0.3) is 0 Å². The fraction of sp³-hybridized carbons (Fsp3) is 0.824. The molecule has 1 saturated carbocycles. The molecule has 2 heterocycles. The number of hydrogen-bond donors (Lipinski definition) is 2. The summed E-state index contributed by atoms with van der Waals surface area (Å²) in [5.41, 5.74) is -0.851. The highest BCUT2D eigenvalue weighted by atomic mass is 16.6. The molecule has 2 aliphatic carbocycles. The number of aliphatic hydroxyl groups is 2. The highest BCUT2D eigenvalue weighted by Gasteiger charge is 2.82. The number of esters is 1. The van der Waals surface area contributed by atoms with Gasteiger partial charge in [0.2, 0.25) is 0 Å². The second-order valence-electron chi connectivity index (χ2n) is 7.81. The van der Waals surface area contributed by atoms with Gasteiger partial charge in [-0.25, -0.2) is 0 Å². The molecule has 2 bridgehead atoms. The highest BCUT2D eigenvalue weighted by molar-refractivity contribution is 5.66. The van der Waals surface area contributed by atoms with Gasteiger partial charge in [0.1, 0.15) is 18.3 Å². The molecule has 1 spiro atoms. The SMILES string of the molecule is CC(=O)OC[C@]12[C@H](O)CC(C)=C[C@H]1O[C@@H]1[C@H](O)C[C@@]2(C)[C@@]12CO2. The van der Waals surface area contributed by atoms with E-state index in [4.69, 9.17) is 14.2 Å². The Bertz CT molecular complexity index is 582. The lowest BCUT2D eigenvalue weighted by molar-refractivity contribution is -0.251. The number of rotatable bonds is 2. The predicted molar refractivity (Wildman–Crippen MR) is 79.5 cm³/mol. The van der Waals surface area contributed by atoms with Crippen LogP contribution in [0.4, 0.5) is 0 Å². The van der Waals surface area contributed by atoms with Gasteiger partial charge < -0.3 is 24.4 Å². The summed E-state index contributed by atoms with van der Waals surface area (Å²) in [4.78, 5) is 11.4. The Labute approximate surface area is 135 Å². The van der Waals surface area contributed by atoms with Crippen molar-refractivity contribution in [3.63, 3.8) is 0 Å². The molecule has 0 aromatic rings. The van der Waals surface area contributed by atoms with E-state index >= 15 is 0 Å². The van der Waals surface area contributed by atoms with Gasteiger partial charge in [0.15, 0.2) is 0 Å². The largest absolute Gasteiger partial charge is 0.465 e. The van der Waals surface area contributed by atoms with Crippen molar-refractivity contribution < 1.29 is 29.2 Å². The lowest BCUT2D eigenvalue weighted by Gasteiger charge is -2.59. The Kier molecular flexibility index (Phi) is 3.09. The first-order valence-electron chi connectivity index (χ1n) is 8.23. The molecule has 7 atom stereocenters. The van der Waals surface area contributed by atoms with Crippen molar-refractivity contribution >= 4 is 5.97 Å². The second-order valence-corrected chi connectivity index (χ2v) is 7.81. The first-order chi connectivity index (χ1) is 10.8. The number of fused-ring (bicyclic) bond motifs is 2. The fourth-order valence-electron chi connectivity index (χ4n) is 5.38. The van der Waals surface area contributed by atoms with E-state index in [2.05, 4.69) is 0 Å². The molecule has 0 unspecified atom stereocenters. The standard InChI is InChI=1S/C17H24O6/c1-9-4-12(20)16(7-21-10(2)18)13(5-9)23-14-11(19)6-15(16,3)17(14)8-22-17/h5,11-14,19-20H,4,6-8H2,1-3H3/t11-,12-,13-,14-,15-,16+,17-/m1/s1. The number of ether oxygens (including phenoxy) is 3. The lowest BCUT2D eigenvalue weighted by atomic mass is 9.51. The summed E-state index contributed by atoms with van der Waals surface area (Å²) in [6, 6.07) is 0. The monoisotopic (exact) mass is 324 g/mol. The molecule has 2 N–H and O–H groups in total. The smallest absolute Gasteiger partial charge is 0.302 e. The number of carbonyl (C=O) groups excluding carboxylic acids is 1. The van der Waals surface area contributed by atoms with E-state index in [0.29, 0.717) is 19.4 Å². The van der Waals surface area contributed by atoms with Crippen LogP contribution in [-0.4, -0.2) is 59.4 Å². The van der Waals surface area contributed by atoms with E-state index in [0.717, 1.165) is 5.57 Å². The molecule has 4 aliphatic rings. The zero-order valence-corrected chi connectivity index (χ0v) is 13.7. The molecular weight excluding hydrogens is 300 g/mol. The van der Waals surface area contributed by atoms with Crippen LogP contribution in [0.2, 0.25) is 0 Å². The summed E-state index contributed by atoms with van der Waals surface area (Å²) in [6.45, 7) is 5.94. The molecule has 4 rings (SSSR count). The minimum Gasteiger partial charge on any atom is -0.465 e. The Balaban J connectivity index is 1.85. The van der Waals surface area contributed by atoms with Crippen molar-refractivity contribution in [1.29, 1.82) is 0 Å². The number of hydrogen-bond acceptors (Lipinski definition) is 6. The van der Waals surface area contributed by atoms with E-state index in [1.807, 2.05) is 19.9 Å². The van der Waals surface area contributed by atoms with Gasteiger partial charge in [-0.15, -0.1) is 0 Å². The molecule has 3 fully saturated rings. The molecule has 0 radical (unpaired) electrons. The van der Waals surface area contributed by atoms with Crippen LogP contribution in [0.3, 0.4) is 0 Å². The maximum Gasteiger partial charge on any atom is 0.302 e. The van der Waals surface area contributed by atoms with Crippen molar-refractivity contribution in [2.75, 3.05) is 13.2 Å². The molecule has 0 aromatic heterocycles. The fourth-order valence-corrected chi connectivity index (χ4v) is 5.38. The zero-order chi connectivity index (χ0) is 16.6. The van der Waals surface area contributed by atoms with Gasteiger partial charge in [0.05, 0.1) is 30.3 Å². The van der Waals surface area contributed by atoms with Crippen molar-refractivity contribution in [3.8, 4) is 0 Å². The molecule has 0 amide bonds. The maximum absolute atomic E-state index is 11.4. The van der Waals surface area contributed by atoms with Gasteiger partial charge in [-0.3, -0.25) is 4.79 Å². The maximum atomic E-state index is 11.4. The Hall–Kier alpha value is -0.950. The van der Waals surface area contributed by atoms with E-state index in [1.54, 1.807) is 0 Å². The third-order valence-corrected chi connectivity index (χ3v) is 6.70. The summed E-state index contributed by atoms with van der Waals surface area (Å²) in [7, 11) is 0. The minimum absolute atomic E-state index is 0.0684. The van der Waals surface area contributed by atoms with Crippen LogP contribution in [-0.2, 0) is 19.0 Å². The van der Waals surface area contributed by atoms with E-state index < -0.39 is 40.8 Å². The zero-order valence-electron chi connectivity index (χ0n) is 13.7. The van der Waals surface area contributed by atoms with Crippen LogP contribution in [0, 0.1) is 10.8 Å². The molecular formula is C17H24O6. The van der Waals surface area contributed by atoms with Crippen molar-refractivity contribution in [2.45, 2.75) is 63.6 Å². The van der Waals surface area contributed by atoms with Crippen LogP contribution in [0.1, 0.15) is 33.6 Å². The average Bonchev–Trinajstić information content (AvgIpc) is 3.20.